The Kier molecular flexibility index (Phi) is 3.96. The van der Waals surface area contributed by atoms with Gasteiger partial charge in [0.05, 0.1) is 0 Å². The molecule has 0 aliphatic heterocycles. The molecular weight excluding hydrogens is 126 g/mol. The first-order valence-corrected chi connectivity index (χ1v) is 2.96. The fourth-order valence-corrected chi connectivity index (χ4v) is 0.365. The van der Waals surface area contributed by atoms with Crippen molar-refractivity contribution in [3.05, 3.63) is 36.5 Å². The molecule has 0 aromatic rings. The fourth-order valence-electron chi connectivity index (χ4n) is 0.365. The molecule has 0 aromatic heterocycles. The number of hydrogen-bond donors (Lipinski definition) is 1. The number of amides is 1. The molecule has 2 N–H and O–H groups in total. The second-order valence-electron chi connectivity index (χ2n) is 1.77. The summed E-state index contributed by atoms with van der Waals surface area (Å²) in [5, 5.41) is 0. The van der Waals surface area contributed by atoms with Gasteiger partial charge < -0.3 is 5.73 Å². The zero-order chi connectivity index (χ0) is 7.98. The van der Waals surface area contributed by atoms with Gasteiger partial charge in [-0.25, -0.2) is 0 Å². The minimum Gasteiger partial charge on any atom is -0.366 e. The van der Waals surface area contributed by atoms with Gasteiger partial charge in [-0.05, 0) is 6.92 Å². The van der Waals surface area contributed by atoms with Crippen molar-refractivity contribution in [3.63, 3.8) is 0 Å². The number of primary amides is 1. The van der Waals surface area contributed by atoms with Gasteiger partial charge in [-0.2, -0.15) is 0 Å². The number of hydrogen-bond acceptors (Lipinski definition) is 1. The van der Waals surface area contributed by atoms with E-state index in [1.807, 2.05) is 13.0 Å². The van der Waals surface area contributed by atoms with E-state index in [4.69, 9.17) is 5.73 Å². The van der Waals surface area contributed by atoms with E-state index >= 15 is 0 Å². The summed E-state index contributed by atoms with van der Waals surface area (Å²) >= 11 is 0. The third kappa shape index (κ3) is 3.66. The van der Waals surface area contributed by atoms with Gasteiger partial charge in [-0.1, -0.05) is 30.9 Å². The molecule has 0 saturated carbocycles. The van der Waals surface area contributed by atoms with E-state index in [1.165, 1.54) is 0 Å². The molecule has 0 fully saturated rings. The predicted octanol–water partition coefficient (Wildman–Crippen LogP) is 1.16. The number of rotatable bonds is 3. The minimum atomic E-state index is -0.485. The number of nitrogens with two attached hydrogens (primary N) is 1. The first-order chi connectivity index (χ1) is 4.68. The quantitative estimate of drug-likeness (QED) is 0.460. The Hall–Kier alpha value is -1.31. The molecule has 0 atom stereocenters. The smallest absolute Gasteiger partial charge is 0.248 e. The second-order valence-corrected chi connectivity index (χ2v) is 1.77. The van der Waals surface area contributed by atoms with Crippen LogP contribution in [0.25, 0.3) is 0 Å². The fraction of sp³-hybridized carbons (Fsp3) is 0.125. The summed E-state index contributed by atoms with van der Waals surface area (Å²) < 4.78 is 0. The van der Waals surface area contributed by atoms with E-state index in [1.54, 1.807) is 18.2 Å². The van der Waals surface area contributed by atoms with Gasteiger partial charge in [0.15, 0.2) is 0 Å². The lowest BCUT2D eigenvalue weighted by Gasteiger charge is -1.87. The Morgan fingerprint density at radius 1 is 1.50 bits per heavy atom. The predicted molar refractivity (Wildman–Crippen MR) is 42.3 cm³/mol. The summed E-state index contributed by atoms with van der Waals surface area (Å²) in [5.41, 5.74) is 5.22. The molecule has 1 amide bonds. The van der Waals surface area contributed by atoms with E-state index in [9.17, 15) is 4.79 Å². The Morgan fingerprint density at radius 3 is 2.50 bits per heavy atom. The van der Waals surface area contributed by atoms with Gasteiger partial charge in [0, 0.05) is 5.57 Å². The number of carbonyl (C=O) groups is 1. The lowest BCUT2D eigenvalue weighted by atomic mass is 10.2. The van der Waals surface area contributed by atoms with Crippen LogP contribution in [0.5, 0.6) is 0 Å². The van der Waals surface area contributed by atoms with Crippen LogP contribution in [0.1, 0.15) is 6.92 Å². The van der Waals surface area contributed by atoms with E-state index in [0.29, 0.717) is 5.57 Å². The lowest BCUT2D eigenvalue weighted by Crippen LogP contribution is -2.11. The molecular formula is C8H11NO. The highest BCUT2D eigenvalue weighted by Crippen LogP contribution is 1.90. The second kappa shape index (κ2) is 4.56. The third-order valence-electron chi connectivity index (χ3n) is 0.917. The molecule has 0 aliphatic rings. The maximum absolute atomic E-state index is 10.3. The maximum atomic E-state index is 10.3. The third-order valence-corrected chi connectivity index (χ3v) is 0.917. The van der Waals surface area contributed by atoms with Gasteiger partial charge in [0.1, 0.15) is 0 Å². The van der Waals surface area contributed by atoms with Gasteiger partial charge in [-0.3, -0.25) is 4.79 Å². The van der Waals surface area contributed by atoms with Crippen LogP contribution in [0.2, 0.25) is 0 Å². The molecule has 0 saturated heterocycles. The molecule has 0 spiro atoms. The first kappa shape index (κ1) is 8.69. The standard InChI is InChI=1S/C8H11NO/c1-3-4-5-6-7(2)8(9)10/h3-6H,2H2,1H3,(H2,9,10)/b4-3?,6-5-. The van der Waals surface area contributed by atoms with Crippen LogP contribution in [-0.4, -0.2) is 5.91 Å². The van der Waals surface area contributed by atoms with E-state index in [2.05, 4.69) is 6.58 Å². The van der Waals surface area contributed by atoms with Crippen molar-refractivity contribution in [2.24, 2.45) is 5.73 Å². The maximum Gasteiger partial charge on any atom is 0.248 e. The highest BCUT2D eigenvalue weighted by Gasteiger charge is 1.92. The van der Waals surface area contributed by atoms with Crippen LogP contribution in [0, 0.1) is 0 Å². The summed E-state index contributed by atoms with van der Waals surface area (Å²) in [5.74, 6) is -0.485. The highest BCUT2D eigenvalue weighted by atomic mass is 16.1. The van der Waals surface area contributed by atoms with Crippen LogP contribution in [0.15, 0.2) is 36.5 Å². The number of allylic oxidation sites excluding steroid dienone is 3. The topological polar surface area (TPSA) is 43.1 Å². The normalized spacial score (nSPS) is 10.9. The van der Waals surface area contributed by atoms with E-state index in [-0.39, 0.29) is 0 Å². The van der Waals surface area contributed by atoms with Gasteiger partial charge in [-0.15, -0.1) is 0 Å². The first-order valence-electron chi connectivity index (χ1n) is 2.96. The van der Waals surface area contributed by atoms with Crippen molar-refractivity contribution in [3.8, 4) is 0 Å². The molecule has 0 aromatic carbocycles. The van der Waals surface area contributed by atoms with Crippen molar-refractivity contribution in [1.82, 2.24) is 0 Å². The van der Waals surface area contributed by atoms with Crippen molar-refractivity contribution in [2.75, 3.05) is 0 Å². The van der Waals surface area contributed by atoms with Gasteiger partial charge in [0.25, 0.3) is 0 Å². The van der Waals surface area contributed by atoms with Crippen LogP contribution in [0.3, 0.4) is 0 Å². The molecule has 0 heterocycles. The van der Waals surface area contributed by atoms with E-state index in [0.717, 1.165) is 0 Å². The molecule has 0 rings (SSSR count). The van der Waals surface area contributed by atoms with Crippen LogP contribution in [-0.2, 0) is 4.79 Å². The SMILES string of the molecule is C=C(/C=C\C=CC)C(N)=O. The van der Waals surface area contributed by atoms with Gasteiger partial charge in [0.2, 0.25) is 5.91 Å². The zero-order valence-corrected chi connectivity index (χ0v) is 6.00. The Balaban J connectivity index is 3.90. The molecule has 2 nitrogen and oxygen atoms in total. The molecule has 0 unspecified atom stereocenters. The summed E-state index contributed by atoms with van der Waals surface area (Å²) in [6, 6.07) is 0. The summed E-state index contributed by atoms with van der Waals surface area (Å²) in [6.07, 6.45) is 6.94. The highest BCUT2D eigenvalue weighted by molar-refractivity contribution is 5.94. The molecule has 10 heavy (non-hydrogen) atoms. The van der Waals surface area contributed by atoms with Crippen molar-refractivity contribution in [1.29, 1.82) is 0 Å². The lowest BCUT2D eigenvalue weighted by molar-refractivity contribution is -0.114. The van der Waals surface area contributed by atoms with E-state index < -0.39 is 5.91 Å². The average Bonchev–Trinajstić information content (AvgIpc) is 1.88. The monoisotopic (exact) mass is 137 g/mol. The van der Waals surface area contributed by atoms with Crippen molar-refractivity contribution >= 4 is 5.91 Å². The molecule has 0 radical (unpaired) electrons. The van der Waals surface area contributed by atoms with Crippen LogP contribution < -0.4 is 5.73 Å². The van der Waals surface area contributed by atoms with Crippen molar-refractivity contribution in [2.45, 2.75) is 6.92 Å². The Labute approximate surface area is 60.7 Å². The molecule has 0 aliphatic carbocycles. The molecule has 0 bridgehead atoms. The Morgan fingerprint density at radius 2 is 2.10 bits per heavy atom. The Bertz CT molecular complexity index is 189. The largest absolute Gasteiger partial charge is 0.366 e. The summed E-state index contributed by atoms with van der Waals surface area (Å²) in [7, 11) is 0. The van der Waals surface area contributed by atoms with Crippen LogP contribution >= 0.6 is 0 Å². The van der Waals surface area contributed by atoms with Crippen molar-refractivity contribution < 1.29 is 4.79 Å². The average molecular weight is 137 g/mol. The van der Waals surface area contributed by atoms with Crippen LogP contribution in [0.4, 0.5) is 0 Å². The zero-order valence-electron chi connectivity index (χ0n) is 6.00. The molecule has 2 heteroatoms. The number of carbonyl (C=O) groups excluding carboxylic acids is 1. The summed E-state index contributed by atoms with van der Waals surface area (Å²) in [6.45, 7) is 5.32. The summed E-state index contributed by atoms with van der Waals surface area (Å²) in [4.78, 5) is 10.3. The molecule has 54 valence electrons. The van der Waals surface area contributed by atoms with Gasteiger partial charge >= 0.3 is 0 Å². The minimum absolute atomic E-state index is 0.318.